The Bertz CT molecular complexity index is 660. The maximum atomic E-state index is 11.7. The van der Waals surface area contributed by atoms with Crippen molar-refractivity contribution in [1.29, 1.82) is 0 Å². The van der Waals surface area contributed by atoms with E-state index >= 15 is 0 Å². The molecule has 2 aromatic heterocycles. The standard InChI is InChI=1S/C13H12BrN3O3S/c14-10-2-4-21-11(10)7-17-13(20)16-6-9-5-8(12(18)19)1-3-15-9/h1-5H,6-7H2,(H,18,19)(H2,16,17,20). The van der Waals surface area contributed by atoms with Crippen LogP contribution >= 0.6 is 27.3 Å². The number of aromatic nitrogens is 1. The van der Waals surface area contributed by atoms with Crippen molar-refractivity contribution in [3.05, 3.63) is 50.4 Å². The predicted octanol–water partition coefficient (Wildman–Crippen LogP) is 2.60. The van der Waals surface area contributed by atoms with Crippen LogP contribution in [-0.2, 0) is 13.1 Å². The second kappa shape index (κ2) is 7.19. The first-order chi connectivity index (χ1) is 10.1. The first kappa shape index (κ1) is 15.5. The van der Waals surface area contributed by atoms with E-state index in [0.29, 0.717) is 12.2 Å². The molecule has 0 fully saturated rings. The van der Waals surface area contributed by atoms with Crippen LogP contribution in [-0.4, -0.2) is 22.1 Å². The molecule has 8 heteroatoms. The van der Waals surface area contributed by atoms with E-state index in [9.17, 15) is 9.59 Å². The minimum Gasteiger partial charge on any atom is -0.478 e. The van der Waals surface area contributed by atoms with Crippen LogP contribution in [0.3, 0.4) is 0 Å². The van der Waals surface area contributed by atoms with E-state index in [1.165, 1.54) is 18.3 Å². The van der Waals surface area contributed by atoms with E-state index in [2.05, 4.69) is 31.5 Å². The van der Waals surface area contributed by atoms with Crippen LogP contribution in [0.4, 0.5) is 4.79 Å². The number of hydrogen-bond acceptors (Lipinski definition) is 4. The van der Waals surface area contributed by atoms with Gasteiger partial charge in [0.05, 0.1) is 24.3 Å². The molecule has 3 N–H and O–H groups in total. The summed E-state index contributed by atoms with van der Waals surface area (Å²) in [5.41, 5.74) is 0.632. The van der Waals surface area contributed by atoms with Crippen LogP contribution in [0.25, 0.3) is 0 Å². The van der Waals surface area contributed by atoms with E-state index in [0.717, 1.165) is 9.35 Å². The molecule has 0 aliphatic carbocycles. The van der Waals surface area contributed by atoms with E-state index in [4.69, 9.17) is 5.11 Å². The lowest BCUT2D eigenvalue weighted by Crippen LogP contribution is -2.34. The normalized spacial score (nSPS) is 10.1. The topological polar surface area (TPSA) is 91.3 Å². The summed E-state index contributed by atoms with van der Waals surface area (Å²) >= 11 is 4.93. The molecule has 0 aliphatic rings. The van der Waals surface area contributed by atoms with Gasteiger partial charge in [0, 0.05) is 15.5 Å². The Labute approximate surface area is 133 Å². The lowest BCUT2D eigenvalue weighted by Gasteiger charge is -2.07. The minimum absolute atomic E-state index is 0.143. The number of thiophene rings is 1. The van der Waals surface area contributed by atoms with Gasteiger partial charge in [0.15, 0.2) is 0 Å². The molecule has 2 heterocycles. The van der Waals surface area contributed by atoms with E-state index in [1.54, 1.807) is 11.3 Å². The van der Waals surface area contributed by atoms with E-state index in [1.807, 2.05) is 11.4 Å². The zero-order valence-corrected chi connectivity index (χ0v) is 13.2. The molecule has 2 amide bonds. The third kappa shape index (κ3) is 4.54. The molecule has 0 atom stereocenters. The first-order valence-corrected chi connectivity index (χ1v) is 7.65. The van der Waals surface area contributed by atoms with Crippen molar-refractivity contribution in [3.8, 4) is 0 Å². The number of carboxylic acids is 1. The van der Waals surface area contributed by atoms with Crippen LogP contribution < -0.4 is 10.6 Å². The molecule has 110 valence electrons. The summed E-state index contributed by atoms with van der Waals surface area (Å²) in [5.74, 6) is -1.02. The van der Waals surface area contributed by atoms with Crippen molar-refractivity contribution in [1.82, 2.24) is 15.6 Å². The highest BCUT2D eigenvalue weighted by molar-refractivity contribution is 9.10. The Hall–Kier alpha value is -1.93. The molecule has 0 aliphatic heterocycles. The number of carbonyl (C=O) groups is 2. The van der Waals surface area contributed by atoms with Gasteiger partial charge in [-0.15, -0.1) is 11.3 Å². The van der Waals surface area contributed by atoms with Gasteiger partial charge >= 0.3 is 12.0 Å². The lowest BCUT2D eigenvalue weighted by molar-refractivity contribution is 0.0696. The maximum absolute atomic E-state index is 11.7. The summed E-state index contributed by atoms with van der Waals surface area (Å²) in [6.07, 6.45) is 1.40. The van der Waals surface area contributed by atoms with Gasteiger partial charge in [0.1, 0.15) is 0 Å². The predicted molar refractivity (Wildman–Crippen MR) is 82.3 cm³/mol. The summed E-state index contributed by atoms with van der Waals surface area (Å²) in [4.78, 5) is 27.5. The maximum Gasteiger partial charge on any atom is 0.335 e. The van der Waals surface area contributed by atoms with Gasteiger partial charge in [-0.2, -0.15) is 0 Å². The van der Waals surface area contributed by atoms with Gasteiger partial charge < -0.3 is 15.7 Å². The number of nitrogens with zero attached hydrogens (tertiary/aromatic N) is 1. The van der Waals surface area contributed by atoms with Crippen molar-refractivity contribution in [2.45, 2.75) is 13.1 Å². The number of nitrogens with one attached hydrogen (secondary N) is 2. The average Bonchev–Trinajstić information content (AvgIpc) is 2.88. The van der Waals surface area contributed by atoms with Crippen LogP contribution in [0.15, 0.2) is 34.2 Å². The van der Waals surface area contributed by atoms with Gasteiger partial charge in [0.25, 0.3) is 0 Å². The van der Waals surface area contributed by atoms with Crippen LogP contribution in [0.5, 0.6) is 0 Å². The molecule has 0 unspecified atom stereocenters. The molecule has 0 bridgehead atoms. The largest absolute Gasteiger partial charge is 0.478 e. The van der Waals surface area contributed by atoms with Crippen LogP contribution in [0, 0.1) is 0 Å². The molecule has 21 heavy (non-hydrogen) atoms. The Morgan fingerprint density at radius 3 is 2.71 bits per heavy atom. The SMILES string of the molecule is O=C(NCc1cc(C(=O)O)ccn1)NCc1sccc1Br. The number of rotatable bonds is 5. The molecule has 0 saturated carbocycles. The van der Waals surface area contributed by atoms with Crippen molar-refractivity contribution in [3.63, 3.8) is 0 Å². The van der Waals surface area contributed by atoms with Crippen molar-refractivity contribution < 1.29 is 14.7 Å². The second-order valence-corrected chi connectivity index (χ2v) is 5.92. The fraction of sp³-hybridized carbons (Fsp3) is 0.154. The number of urea groups is 1. The molecular weight excluding hydrogens is 358 g/mol. The van der Waals surface area contributed by atoms with E-state index < -0.39 is 5.97 Å². The molecule has 6 nitrogen and oxygen atoms in total. The van der Waals surface area contributed by atoms with Gasteiger partial charge in [-0.1, -0.05) is 0 Å². The highest BCUT2D eigenvalue weighted by atomic mass is 79.9. The average molecular weight is 370 g/mol. The van der Waals surface area contributed by atoms with Crippen LogP contribution in [0.1, 0.15) is 20.9 Å². The molecule has 0 saturated heterocycles. The molecule has 2 rings (SSSR count). The third-order valence-electron chi connectivity index (χ3n) is 2.59. The Morgan fingerprint density at radius 1 is 1.29 bits per heavy atom. The number of hydrogen-bond donors (Lipinski definition) is 3. The number of carbonyl (C=O) groups excluding carboxylic acids is 1. The quantitative estimate of drug-likeness (QED) is 0.755. The lowest BCUT2D eigenvalue weighted by atomic mass is 10.2. The summed E-state index contributed by atoms with van der Waals surface area (Å²) in [7, 11) is 0. The first-order valence-electron chi connectivity index (χ1n) is 5.98. The summed E-state index contributed by atoms with van der Waals surface area (Å²) in [6.45, 7) is 0.589. The molecule has 0 radical (unpaired) electrons. The molecule has 0 spiro atoms. The zero-order valence-electron chi connectivity index (χ0n) is 10.8. The minimum atomic E-state index is -1.02. The van der Waals surface area contributed by atoms with Crippen molar-refractivity contribution in [2.75, 3.05) is 0 Å². The fourth-order valence-corrected chi connectivity index (χ4v) is 2.99. The fourth-order valence-electron chi connectivity index (χ4n) is 1.55. The van der Waals surface area contributed by atoms with Crippen molar-refractivity contribution in [2.24, 2.45) is 0 Å². The Balaban J connectivity index is 1.82. The number of aromatic carboxylic acids is 1. The van der Waals surface area contributed by atoms with Gasteiger partial charge in [0.2, 0.25) is 0 Å². The number of halogens is 1. The second-order valence-electron chi connectivity index (χ2n) is 4.07. The highest BCUT2D eigenvalue weighted by Gasteiger charge is 2.07. The molecule has 0 aromatic carbocycles. The number of carboxylic acid groups (broad SMARTS) is 1. The van der Waals surface area contributed by atoms with Crippen LogP contribution in [0.2, 0.25) is 0 Å². The number of pyridine rings is 1. The summed E-state index contributed by atoms with van der Waals surface area (Å²) < 4.78 is 0.962. The third-order valence-corrected chi connectivity index (χ3v) is 4.52. The molecule has 2 aromatic rings. The van der Waals surface area contributed by atoms with Gasteiger partial charge in [-0.25, -0.2) is 9.59 Å². The highest BCUT2D eigenvalue weighted by Crippen LogP contribution is 2.21. The smallest absolute Gasteiger partial charge is 0.335 e. The Kier molecular flexibility index (Phi) is 5.29. The van der Waals surface area contributed by atoms with Gasteiger partial charge in [-0.3, -0.25) is 4.98 Å². The van der Waals surface area contributed by atoms with Gasteiger partial charge in [-0.05, 0) is 39.5 Å². The number of amides is 2. The summed E-state index contributed by atoms with van der Waals surface area (Å²) in [5, 5.41) is 16.2. The monoisotopic (exact) mass is 369 g/mol. The molecular formula is C13H12BrN3O3S. The summed E-state index contributed by atoms with van der Waals surface area (Å²) in [6, 6.07) is 4.41. The van der Waals surface area contributed by atoms with Crippen molar-refractivity contribution >= 4 is 39.3 Å². The Morgan fingerprint density at radius 2 is 2.05 bits per heavy atom. The van der Waals surface area contributed by atoms with E-state index in [-0.39, 0.29) is 18.1 Å². The zero-order chi connectivity index (χ0) is 15.2.